The molecule has 0 radical (unpaired) electrons. The summed E-state index contributed by atoms with van der Waals surface area (Å²) in [5.41, 5.74) is 10.3. The Hall–Kier alpha value is -1.38. The van der Waals surface area contributed by atoms with Gasteiger partial charge in [0.2, 0.25) is 10.0 Å². The number of carbonyl (C=O) groups is 1. The summed E-state index contributed by atoms with van der Waals surface area (Å²) in [5, 5.41) is 0. The van der Waals surface area contributed by atoms with Crippen LogP contribution in [0, 0.1) is 5.92 Å². The predicted molar refractivity (Wildman–Crippen MR) is 81.2 cm³/mol. The van der Waals surface area contributed by atoms with Crippen molar-refractivity contribution in [2.45, 2.75) is 37.6 Å². The van der Waals surface area contributed by atoms with Crippen LogP contribution < -0.4 is 16.2 Å². The molecule has 5 N–H and O–H groups in total. The summed E-state index contributed by atoms with van der Waals surface area (Å²) in [6.45, 7) is 5.94. The van der Waals surface area contributed by atoms with E-state index in [-0.39, 0.29) is 17.1 Å². The molecule has 1 aromatic rings. The zero-order valence-electron chi connectivity index (χ0n) is 12.9. The lowest BCUT2D eigenvalue weighted by Gasteiger charge is -2.30. The molecule has 1 heterocycles. The summed E-state index contributed by atoms with van der Waals surface area (Å²) in [7, 11) is -2.20. The minimum atomic E-state index is -3.77. The maximum Gasteiger partial charge on any atom is 0.265 e. The highest BCUT2D eigenvalue weighted by Gasteiger charge is 2.31. The normalized spacial score (nSPS) is 15.1. The van der Waals surface area contributed by atoms with Gasteiger partial charge in [-0.05, 0) is 25.3 Å². The maximum atomic E-state index is 12.4. The number of aryl methyl sites for hydroxylation is 1. The van der Waals surface area contributed by atoms with Gasteiger partial charge in [0.1, 0.15) is 10.6 Å². The summed E-state index contributed by atoms with van der Waals surface area (Å²) in [4.78, 5) is 11.2. The molecule has 1 unspecified atom stereocenters. The van der Waals surface area contributed by atoms with Gasteiger partial charge in [-0.2, -0.15) is 0 Å². The van der Waals surface area contributed by atoms with E-state index < -0.39 is 21.5 Å². The molecule has 0 aliphatic carbocycles. The van der Waals surface area contributed by atoms with Crippen LogP contribution in [-0.4, -0.2) is 31.0 Å². The first-order valence-corrected chi connectivity index (χ1v) is 8.19. The van der Waals surface area contributed by atoms with Gasteiger partial charge in [-0.15, -0.1) is 0 Å². The third kappa shape index (κ3) is 4.29. The molecule has 21 heavy (non-hydrogen) atoms. The number of primary amides is 1. The van der Waals surface area contributed by atoms with Crippen molar-refractivity contribution in [3.05, 3.63) is 18.0 Å². The standard InChI is InChI=1S/C13H24N4O3S/c1-9(2)6-13(3,8-14)16-21(19,20)10-5-11(12(15)18)17(4)7-10/h5,7,9,16H,6,8,14H2,1-4H3,(H2,15,18). The van der Waals surface area contributed by atoms with Crippen molar-refractivity contribution in [3.8, 4) is 0 Å². The summed E-state index contributed by atoms with van der Waals surface area (Å²) in [6.07, 6.45) is 1.97. The number of aromatic nitrogens is 1. The molecule has 0 aromatic carbocycles. The van der Waals surface area contributed by atoms with Crippen molar-refractivity contribution in [1.82, 2.24) is 9.29 Å². The van der Waals surface area contributed by atoms with Gasteiger partial charge in [-0.25, -0.2) is 13.1 Å². The van der Waals surface area contributed by atoms with Crippen molar-refractivity contribution in [3.63, 3.8) is 0 Å². The molecule has 0 fully saturated rings. The molecule has 0 saturated heterocycles. The smallest absolute Gasteiger partial charge is 0.265 e. The average Bonchev–Trinajstić information content (AvgIpc) is 2.70. The fourth-order valence-electron chi connectivity index (χ4n) is 2.38. The Morgan fingerprint density at radius 1 is 1.48 bits per heavy atom. The highest BCUT2D eigenvalue weighted by Crippen LogP contribution is 2.20. The Morgan fingerprint density at radius 3 is 2.43 bits per heavy atom. The van der Waals surface area contributed by atoms with Crippen molar-refractivity contribution in [2.24, 2.45) is 24.4 Å². The van der Waals surface area contributed by atoms with Gasteiger partial charge < -0.3 is 16.0 Å². The number of nitrogens with one attached hydrogen (secondary N) is 1. The quantitative estimate of drug-likeness (QED) is 0.664. The van der Waals surface area contributed by atoms with Crippen molar-refractivity contribution >= 4 is 15.9 Å². The molecule has 120 valence electrons. The molecule has 0 bridgehead atoms. The van der Waals surface area contributed by atoms with Crippen LogP contribution in [0.5, 0.6) is 0 Å². The van der Waals surface area contributed by atoms with E-state index in [0.717, 1.165) is 0 Å². The highest BCUT2D eigenvalue weighted by molar-refractivity contribution is 7.89. The molecule has 0 aliphatic heterocycles. The molecule has 0 aliphatic rings. The van der Waals surface area contributed by atoms with E-state index in [0.29, 0.717) is 12.3 Å². The first-order chi connectivity index (χ1) is 9.50. The second-order valence-corrected chi connectivity index (χ2v) is 7.69. The average molecular weight is 316 g/mol. The zero-order valence-corrected chi connectivity index (χ0v) is 13.7. The summed E-state index contributed by atoms with van der Waals surface area (Å²) >= 11 is 0. The first kappa shape index (κ1) is 17.7. The monoisotopic (exact) mass is 316 g/mol. The van der Waals surface area contributed by atoms with Crippen LogP contribution in [0.25, 0.3) is 0 Å². The van der Waals surface area contributed by atoms with E-state index in [4.69, 9.17) is 11.5 Å². The van der Waals surface area contributed by atoms with Gasteiger partial charge in [-0.1, -0.05) is 13.8 Å². The van der Waals surface area contributed by atoms with Crippen LogP contribution >= 0.6 is 0 Å². The van der Waals surface area contributed by atoms with Crippen LogP contribution in [-0.2, 0) is 17.1 Å². The Kier molecular flexibility index (Phi) is 5.19. The van der Waals surface area contributed by atoms with E-state index in [9.17, 15) is 13.2 Å². The molecule has 1 aromatic heterocycles. The molecule has 8 heteroatoms. The van der Waals surface area contributed by atoms with Crippen molar-refractivity contribution in [1.29, 1.82) is 0 Å². The second kappa shape index (κ2) is 6.17. The van der Waals surface area contributed by atoms with E-state index >= 15 is 0 Å². The Balaban J connectivity index is 3.11. The van der Waals surface area contributed by atoms with E-state index in [2.05, 4.69) is 4.72 Å². The van der Waals surface area contributed by atoms with Gasteiger partial charge in [0.25, 0.3) is 5.91 Å². The fraction of sp³-hybridized carbons (Fsp3) is 0.615. The van der Waals surface area contributed by atoms with Gasteiger partial charge in [0.05, 0.1) is 0 Å². The molecule has 0 spiro atoms. The zero-order chi connectivity index (χ0) is 16.4. The number of nitrogens with two attached hydrogens (primary N) is 2. The number of nitrogens with zero attached hydrogens (tertiary/aromatic N) is 1. The summed E-state index contributed by atoms with van der Waals surface area (Å²) < 4.78 is 28.9. The van der Waals surface area contributed by atoms with Crippen LogP contribution in [0.3, 0.4) is 0 Å². The first-order valence-electron chi connectivity index (χ1n) is 6.71. The van der Waals surface area contributed by atoms with Gasteiger partial charge in [0.15, 0.2) is 0 Å². The highest BCUT2D eigenvalue weighted by atomic mass is 32.2. The molecule has 1 atom stereocenters. The third-order valence-electron chi connectivity index (χ3n) is 3.23. The van der Waals surface area contributed by atoms with E-state index in [1.807, 2.05) is 13.8 Å². The topological polar surface area (TPSA) is 120 Å². The molecule has 0 saturated carbocycles. The number of hydrogen-bond acceptors (Lipinski definition) is 4. The summed E-state index contributed by atoms with van der Waals surface area (Å²) in [6, 6.07) is 1.26. The Morgan fingerprint density at radius 2 is 2.05 bits per heavy atom. The van der Waals surface area contributed by atoms with Gasteiger partial charge >= 0.3 is 0 Å². The minimum absolute atomic E-state index is 0.00207. The van der Waals surface area contributed by atoms with Crippen LogP contribution in [0.2, 0.25) is 0 Å². The predicted octanol–water partition coefficient (Wildman–Crippen LogP) is 0.166. The molecule has 1 rings (SSSR count). The SMILES string of the molecule is CC(C)CC(C)(CN)NS(=O)(=O)c1cc(C(N)=O)n(C)c1. The molecule has 7 nitrogen and oxygen atoms in total. The lowest BCUT2D eigenvalue weighted by Crippen LogP contribution is -2.51. The lowest BCUT2D eigenvalue weighted by molar-refractivity contribution is 0.0992. The van der Waals surface area contributed by atoms with Crippen LogP contribution in [0.1, 0.15) is 37.7 Å². The summed E-state index contributed by atoms with van der Waals surface area (Å²) in [5.74, 6) is -0.388. The maximum absolute atomic E-state index is 12.4. The Bertz CT molecular complexity index is 621. The number of amides is 1. The van der Waals surface area contributed by atoms with E-state index in [1.165, 1.54) is 16.8 Å². The minimum Gasteiger partial charge on any atom is -0.364 e. The third-order valence-corrected chi connectivity index (χ3v) is 4.84. The molecule has 1 amide bonds. The van der Waals surface area contributed by atoms with Gasteiger partial charge in [0, 0.05) is 25.3 Å². The number of rotatable bonds is 7. The van der Waals surface area contributed by atoms with Crippen molar-refractivity contribution < 1.29 is 13.2 Å². The number of sulfonamides is 1. The molecular weight excluding hydrogens is 292 g/mol. The van der Waals surface area contributed by atoms with Crippen LogP contribution in [0.15, 0.2) is 17.2 Å². The number of hydrogen-bond donors (Lipinski definition) is 3. The van der Waals surface area contributed by atoms with Crippen molar-refractivity contribution in [2.75, 3.05) is 6.54 Å². The Labute approximate surface area is 125 Å². The van der Waals surface area contributed by atoms with Crippen LogP contribution in [0.4, 0.5) is 0 Å². The van der Waals surface area contributed by atoms with Gasteiger partial charge in [-0.3, -0.25) is 4.79 Å². The number of carbonyl (C=O) groups excluding carboxylic acids is 1. The molecular formula is C13H24N4O3S. The lowest BCUT2D eigenvalue weighted by atomic mass is 9.92. The largest absolute Gasteiger partial charge is 0.364 e. The van der Waals surface area contributed by atoms with E-state index in [1.54, 1.807) is 14.0 Å². The fourth-order valence-corrected chi connectivity index (χ4v) is 3.87. The second-order valence-electron chi connectivity index (χ2n) is 6.00.